The highest BCUT2D eigenvalue weighted by molar-refractivity contribution is 5.90. The number of anilines is 1. The molecule has 5 nitrogen and oxygen atoms in total. The fraction of sp³-hybridized carbons (Fsp3) is 0.211. The average Bonchev–Trinajstić information content (AvgIpc) is 3.08. The monoisotopic (exact) mass is 375 g/mol. The van der Waals surface area contributed by atoms with Crippen molar-refractivity contribution in [1.82, 2.24) is 10.1 Å². The van der Waals surface area contributed by atoms with Crippen molar-refractivity contribution >= 4 is 11.6 Å². The minimum Gasteiger partial charge on any atom is -0.339 e. The van der Waals surface area contributed by atoms with Crippen LogP contribution in [0.1, 0.15) is 23.4 Å². The second-order valence-electron chi connectivity index (χ2n) is 6.01. The highest BCUT2D eigenvalue weighted by Gasteiger charge is 2.30. The Morgan fingerprint density at radius 1 is 1.15 bits per heavy atom. The van der Waals surface area contributed by atoms with Crippen LogP contribution in [0.4, 0.5) is 18.9 Å². The minimum absolute atomic E-state index is 0.0511. The van der Waals surface area contributed by atoms with Gasteiger partial charge in [-0.05, 0) is 36.8 Å². The predicted molar refractivity (Wildman–Crippen MR) is 92.9 cm³/mol. The third kappa shape index (κ3) is 4.93. The summed E-state index contributed by atoms with van der Waals surface area (Å²) in [6.07, 6.45) is -4.15. The van der Waals surface area contributed by atoms with E-state index in [2.05, 4.69) is 15.5 Å². The summed E-state index contributed by atoms with van der Waals surface area (Å²) < 4.78 is 43.4. The van der Waals surface area contributed by atoms with Crippen LogP contribution in [-0.4, -0.2) is 16.0 Å². The number of hydrogen-bond acceptors (Lipinski definition) is 4. The molecule has 0 bridgehead atoms. The standard InChI is InChI=1S/C19H16F3N3O2/c1-12-4-2-7-15(10-12)23-16(26)8-9-17-24-18(25-27-17)13-5-3-6-14(11-13)19(20,21)22/h2-7,10-11H,8-9H2,1H3,(H,23,26). The molecule has 1 amide bonds. The summed E-state index contributed by atoms with van der Waals surface area (Å²) >= 11 is 0. The Hall–Kier alpha value is -3.16. The van der Waals surface area contributed by atoms with Crippen LogP contribution in [0.2, 0.25) is 0 Å². The van der Waals surface area contributed by atoms with Crippen molar-refractivity contribution in [3.63, 3.8) is 0 Å². The van der Waals surface area contributed by atoms with E-state index >= 15 is 0 Å². The zero-order valence-electron chi connectivity index (χ0n) is 14.4. The Morgan fingerprint density at radius 2 is 1.93 bits per heavy atom. The second-order valence-corrected chi connectivity index (χ2v) is 6.01. The van der Waals surface area contributed by atoms with Crippen LogP contribution in [0.3, 0.4) is 0 Å². The van der Waals surface area contributed by atoms with Gasteiger partial charge in [0, 0.05) is 24.1 Å². The van der Waals surface area contributed by atoms with Crippen molar-refractivity contribution in [2.24, 2.45) is 0 Å². The van der Waals surface area contributed by atoms with E-state index in [-0.39, 0.29) is 36.0 Å². The summed E-state index contributed by atoms with van der Waals surface area (Å²) in [5.74, 6) is 0.0106. The van der Waals surface area contributed by atoms with Gasteiger partial charge in [0.1, 0.15) is 0 Å². The summed E-state index contributed by atoms with van der Waals surface area (Å²) in [6.45, 7) is 1.92. The number of carbonyl (C=O) groups is 1. The molecule has 0 unspecified atom stereocenters. The molecule has 0 atom stereocenters. The SMILES string of the molecule is Cc1cccc(NC(=O)CCc2nc(-c3cccc(C(F)(F)F)c3)no2)c1. The molecular weight excluding hydrogens is 359 g/mol. The lowest BCUT2D eigenvalue weighted by Gasteiger charge is -2.06. The molecular formula is C19H16F3N3O2. The van der Waals surface area contributed by atoms with Gasteiger partial charge in [-0.15, -0.1) is 0 Å². The van der Waals surface area contributed by atoms with Crippen molar-refractivity contribution in [2.45, 2.75) is 25.9 Å². The zero-order chi connectivity index (χ0) is 19.4. The third-order valence-corrected chi connectivity index (χ3v) is 3.78. The maximum Gasteiger partial charge on any atom is 0.416 e. The molecule has 0 spiro atoms. The van der Waals surface area contributed by atoms with Crippen LogP contribution in [0.25, 0.3) is 11.4 Å². The molecule has 0 aliphatic carbocycles. The molecule has 0 saturated carbocycles. The number of nitrogens with one attached hydrogen (secondary N) is 1. The van der Waals surface area contributed by atoms with Crippen LogP contribution in [0, 0.1) is 6.92 Å². The number of benzene rings is 2. The quantitative estimate of drug-likeness (QED) is 0.706. The van der Waals surface area contributed by atoms with Gasteiger partial charge in [-0.25, -0.2) is 0 Å². The molecule has 1 heterocycles. The lowest BCUT2D eigenvalue weighted by atomic mass is 10.1. The highest BCUT2D eigenvalue weighted by Crippen LogP contribution is 2.31. The van der Waals surface area contributed by atoms with Gasteiger partial charge in [0.15, 0.2) is 0 Å². The van der Waals surface area contributed by atoms with Crippen LogP contribution in [0.15, 0.2) is 53.1 Å². The number of carbonyl (C=O) groups excluding carboxylic acids is 1. The minimum atomic E-state index is -4.45. The molecule has 0 aliphatic rings. The lowest BCUT2D eigenvalue weighted by Crippen LogP contribution is -2.12. The van der Waals surface area contributed by atoms with Crippen molar-refractivity contribution in [1.29, 1.82) is 0 Å². The van der Waals surface area contributed by atoms with Crippen LogP contribution >= 0.6 is 0 Å². The van der Waals surface area contributed by atoms with E-state index in [0.717, 1.165) is 17.7 Å². The van der Waals surface area contributed by atoms with Gasteiger partial charge in [-0.1, -0.05) is 29.4 Å². The smallest absolute Gasteiger partial charge is 0.339 e. The molecule has 2 aromatic carbocycles. The van der Waals surface area contributed by atoms with Crippen LogP contribution in [-0.2, 0) is 17.4 Å². The molecule has 3 rings (SSSR count). The maximum atomic E-state index is 12.8. The number of nitrogens with zero attached hydrogens (tertiary/aromatic N) is 2. The van der Waals surface area contributed by atoms with Crippen molar-refractivity contribution in [2.75, 3.05) is 5.32 Å². The van der Waals surface area contributed by atoms with Crippen LogP contribution in [0.5, 0.6) is 0 Å². The molecule has 140 valence electrons. The molecule has 0 fully saturated rings. The van der Waals surface area contributed by atoms with Gasteiger partial charge in [0.25, 0.3) is 0 Å². The van der Waals surface area contributed by atoms with E-state index in [1.807, 2.05) is 25.1 Å². The van der Waals surface area contributed by atoms with Gasteiger partial charge in [-0.2, -0.15) is 18.2 Å². The van der Waals surface area contributed by atoms with Gasteiger partial charge < -0.3 is 9.84 Å². The Balaban J connectivity index is 1.62. The first-order valence-electron chi connectivity index (χ1n) is 8.18. The fourth-order valence-corrected chi connectivity index (χ4v) is 2.48. The van der Waals surface area contributed by atoms with Crippen molar-refractivity contribution in [3.05, 3.63) is 65.5 Å². The van der Waals surface area contributed by atoms with E-state index in [1.54, 1.807) is 6.07 Å². The number of rotatable bonds is 5. The summed E-state index contributed by atoms with van der Waals surface area (Å²) in [4.78, 5) is 16.1. The van der Waals surface area contributed by atoms with E-state index in [9.17, 15) is 18.0 Å². The molecule has 0 saturated heterocycles. The average molecular weight is 375 g/mol. The van der Waals surface area contributed by atoms with Gasteiger partial charge in [0.2, 0.25) is 17.6 Å². The summed E-state index contributed by atoms with van der Waals surface area (Å²) in [7, 11) is 0. The number of halogens is 3. The van der Waals surface area contributed by atoms with Crippen molar-refractivity contribution in [3.8, 4) is 11.4 Å². The Kier molecular flexibility index (Phi) is 5.25. The van der Waals surface area contributed by atoms with Gasteiger partial charge >= 0.3 is 6.18 Å². The van der Waals surface area contributed by atoms with E-state index in [0.29, 0.717) is 5.69 Å². The largest absolute Gasteiger partial charge is 0.416 e. The molecule has 8 heteroatoms. The number of amides is 1. The highest BCUT2D eigenvalue weighted by atomic mass is 19.4. The maximum absolute atomic E-state index is 12.8. The number of aryl methyl sites for hydroxylation is 2. The van der Waals surface area contributed by atoms with E-state index in [1.165, 1.54) is 12.1 Å². The molecule has 3 aromatic rings. The lowest BCUT2D eigenvalue weighted by molar-refractivity contribution is -0.137. The molecule has 1 aromatic heterocycles. The number of hydrogen-bond donors (Lipinski definition) is 1. The number of alkyl halides is 3. The molecule has 0 radical (unpaired) electrons. The first kappa shape index (κ1) is 18.6. The molecule has 27 heavy (non-hydrogen) atoms. The molecule has 1 N–H and O–H groups in total. The van der Waals surface area contributed by atoms with Gasteiger partial charge in [-0.3, -0.25) is 4.79 Å². The zero-order valence-corrected chi connectivity index (χ0v) is 14.4. The normalized spacial score (nSPS) is 11.4. The van der Waals surface area contributed by atoms with E-state index in [4.69, 9.17) is 4.52 Å². The third-order valence-electron chi connectivity index (χ3n) is 3.78. The predicted octanol–water partition coefficient (Wildman–Crippen LogP) is 4.64. The topological polar surface area (TPSA) is 68.0 Å². The van der Waals surface area contributed by atoms with Gasteiger partial charge in [0.05, 0.1) is 5.56 Å². The Morgan fingerprint density at radius 3 is 2.67 bits per heavy atom. The van der Waals surface area contributed by atoms with Crippen LogP contribution < -0.4 is 5.32 Å². The fourth-order valence-electron chi connectivity index (χ4n) is 2.48. The van der Waals surface area contributed by atoms with Crippen molar-refractivity contribution < 1.29 is 22.5 Å². The second kappa shape index (κ2) is 7.61. The Labute approximate surface area is 153 Å². The van der Waals surface area contributed by atoms with E-state index < -0.39 is 11.7 Å². The molecule has 0 aliphatic heterocycles. The number of aromatic nitrogens is 2. The Bertz CT molecular complexity index is 951. The summed E-state index contributed by atoms with van der Waals surface area (Å²) in [6, 6.07) is 12.1. The summed E-state index contributed by atoms with van der Waals surface area (Å²) in [5.41, 5.74) is 1.12. The summed E-state index contributed by atoms with van der Waals surface area (Å²) in [5, 5.41) is 6.46. The first-order chi connectivity index (χ1) is 12.8. The first-order valence-corrected chi connectivity index (χ1v) is 8.18.